The van der Waals surface area contributed by atoms with Crippen LogP contribution in [-0.2, 0) is 4.79 Å². The van der Waals surface area contributed by atoms with E-state index < -0.39 is 0 Å². The third-order valence-electron chi connectivity index (χ3n) is 4.36. The van der Waals surface area contributed by atoms with E-state index in [2.05, 4.69) is 24.8 Å². The van der Waals surface area contributed by atoms with E-state index in [-0.39, 0.29) is 11.9 Å². The van der Waals surface area contributed by atoms with E-state index in [1.807, 2.05) is 53.4 Å². The Morgan fingerprint density at radius 2 is 1.83 bits per heavy atom. The van der Waals surface area contributed by atoms with Crippen molar-refractivity contribution in [3.05, 3.63) is 65.2 Å². The SMILES string of the molecule is CCN1c2ccccc2N(C(=O)/C=C/c2ccc(Cl)cc2)CC1C. The number of halogens is 1. The Hall–Kier alpha value is -2.26. The van der Waals surface area contributed by atoms with Crippen molar-refractivity contribution in [1.29, 1.82) is 0 Å². The number of carbonyl (C=O) groups excluding carboxylic acids is 1. The zero-order chi connectivity index (χ0) is 17.1. The molecule has 0 N–H and O–H groups in total. The second-order valence-corrected chi connectivity index (χ2v) is 6.39. The summed E-state index contributed by atoms with van der Waals surface area (Å²) in [7, 11) is 0. The van der Waals surface area contributed by atoms with Crippen LogP contribution in [-0.4, -0.2) is 25.0 Å². The van der Waals surface area contributed by atoms with Gasteiger partial charge in [0, 0.05) is 30.2 Å². The molecule has 0 radical (unpaired) electrons. The Morgan fingerprint density at radius 1 is 1.17 bits per heavy atom. The molecule has 1 unspecified atom stereocenters. The van der Waals surface area contributed by atoms with Crippen LogP contribution in [0.5, 0.6) is 0 Å². The van der Waals surface area contributed by atoms with Crippen LogP contribution in [0.2, 0.25) is 5.02 Å². The first-order chi connectivity index (χ1) is 11.6. The Kier molecular flexibility index (Phi) is 4.91. The first-order valence-corrected chi connectivity index (χ1v) is 8.58. The Morgan fingerprint density at radius 3 is 2.50 bits per heavy atom. The van der Waals surface area contributed by atoms with Gasteiger partial charge in [0.1, 0.15) is 0 Å². The molecule has 0 saturated heterocycles. The van der Waals surface area contributed by atoms with E-state index >= 15 is 0 Å². The standard InChI is InChI=1S/C20H21ClN2O/c1-3-22-15(2)14-23(19-7-5-4-6-18(19)22)20(24)13-10-16-8-11-17(21)12-9-16/h4-13,15H,3,14H2,1-2H3/b13-10+. The third-order valence-corrected chi connectivity index (χ3v) is 4.61. The zero-order valence-electron chi connectivity index (χ0n) is 13.9. The minimum absolute atomic E-state index is 0.00000283. The number of anilines is 2. The maximum Gasteiger partial charge on any atom is 0.251 e. The van der Waals surface area contributed by atoms with E-state index in [4.69, 9.17) is 11.6 Å². The van der Waals surface area contributed by atoms with Crippen molar-refractivity contribution in [2.24, 2.45) is 0 Å². The molecule has 1 amide bonds. The average molecular weight is 341 g/mol. The van der Waals surface area contributed by atoms with Crippen LogP contribution in [0.15, 0.2) is 54.6 Å². The maximum atomic E-state index is 12.7. The molecule has 0 bridgehead atoms. The molecule has 1 aliphatic rings. The van der Waals surface area contributed by atoms with Crippen LogP contribution in [0.4, 0.5) is 11.4 Å². The summed E-state index contributed by atoms with van der Waals surface area (Å²) in [6.45, 7) is 5.92. The molecule has 1 atom stereocenters. The monoisotopic (exact) mass is 340 g/mol. The summed E-state index contributed by atoms with van der Waals surface area (Å²) in [5.74, 6) is 0.00000283. The van der Waals surface area contributed by atoms with Gasteiger partial charge in [-0.25, -0.2) is 0 Å². The van der Waals surface area contributed by atoms with Crippen molar-refractivity contribution in [1.82, 2.24) is 0 Å². The molecule has 0 fully saturated rings. The fourth-order valence-electron chi connectivity index (χ4n) is 3.16. The molecule has 1 aliphatic heterocycles. The van der Waals surface area contributed by atoms with Gasteiger partial charge in [0.05, 0.1) is 11.4 Å². The van der Waals surface area contributed by atoms with Crippen LogP contribution in [0.3, 0.4) is 0 Å². The maximum absolute atomic E-state index is 12.7. The number of hydrogen-bond acceptors (Lipinski definition) is 2. The number of para-hydroxylation sites is 2. The molecule has 0 aromatic heterocycles. The van der Waals surface area contributed by atoms with Crippen LogP contribution < -0.4 is 9.80 Å². The predicted octanol–water partition coefficient (Wildman–Crippen LogP) is 4.61. The Labute approximate surface area is 148 Å². The second-order valence-electron chi connectivity index (χ2n) is 5.96. The Balaban J connectivity index is 1.85. The molecule has 3 rings (SSSR count). The largest absolute Gasteiger partial charge is 0.366 e. The summed E-state index contributed by atoms with van der Waals surface area (Å²) in [5, 5.41) is 0.692. The van der Waals surface area contributed by atoms with Crippen molar-refractivity contribution in [2.45, 2.75) is 19.9 Å². The molecule has 3 nitrogen and oxygen atoms in total. The minimum atomic E-state index is 0.00000283. The van der Waals surface area contributed by atoms with Crippen molar-refractivity contribution >= 4 is 35.0 Å². The number of carbonyl (C=O) groups is 1. The number of benzene rings is 2. The topological polar surface area (TPSA) is 23.6 Å². The quantitative estimate of drug-likeness (QED) is 0.761. The summed E-state index contributed by atoms with van der Waals surface area (Å²) in [5.41, 5.74) is 3.05. The van der Waals surface area contributed by atoms with Crippen molar-refractivity contribution in [3.8, 4) is 0 Å². The highest BCUT2D eigenvalue weighted by Crippen LogP contribution is 2.35. The molecule has 2 aromatic rings. The van der Waals surface area contributed by atoms with E-state index in [0.717, 1.165) is 23.5 Å². The van der Waals surface area contributed by atoms with Gasteiger partial charge in [-0.05, 0) is 49.8 Å². The minimum Gasteiger partial charge on any atom is -0.366 e. The Bertz CT molecular complexity index is 754. The molecule has 24 heavy (non-hydrogen) atoms. The number of fused-ring (bicyclic) bond motifs is 1. The molecule has 0 aliphatic carbocycles. The van der Waals surface area contributed by atoms with Crippen LogP contribution >= 0.6 is 11.6 Å². The van der Waals surface area contributed by atoms with Gasteiger partial charge < -0.3 is 9.80 Å². The van der Waals surface area contributed by atoms with Crippen LogP contribution in [0.1, 0.15) is 19.4 Å². The lowest BCUT2D eigenvalue weighted by molar-refractivity contribution is -0.114. The normalized spacial score (nSPS) is 17.2. The third kappa shape index (κ3) is 3.31. The molecule has 4 heteroatoms. The van der Waals surface area contributed by atoms with Crippen molar-refractivity contribution in [3.63, 3.8) is 0 Å². The summed E-state index contributed by atoms with van der Waals surface area (Å²) in [6.07, 6.45) is 3.46. The first-order valence-electron chi connectivity index (χ1n) is 8.21. The van der Waals surface area contributed by atoms with E-state index in [1.165, 1.54) is 0 Å². The highest BCUT2D eigenvalue weighted by Gasteiger charge is 2.29. The van der Waals surface area contributed by atoms with Gasteiger partial charge >= 0.3 is 0 Å². The van der Waals surface area contributed by atoms with Gasteiger partial charge in [-0.15, -0.1) is 0 Å². The van der Waals surface area contributed by atoms with E-state index in [1.54, 1.807) is 6.08 Å². The van der Waals surface area contributed by atoms with Gasteiger partial charge in [0.15, 0.2) is 0 Å². The van der Waals surface area contributed by atoms with Crippen LogP contribution in [0, 0.1) is 0 Å². The smallest absolute Gasteiger partial charge is 0.251 e. The molecular weight excluding hydrogens is 320 g/mol. The van der Waals surface area contributed by atoms with Gasteiger partial charge in [0.25, 0.3) is 5.91 Å². The highest BCUT2D eigenvalue weighted by atomic mass is 35.5. The predicted molar refractivity (Wildman–Crippen MR) is 102 cm³/mol. The van der Waals surface area contributed by atoms with Gasteiger partial charge in [-0.2, -0.15) is 0 Å². The number of rotatable bonds is 3. The summed E-state index contributed by atoms with van der Waals surface area (Å²) in [4.78, 5) is 16.9. The lowest BCUT2D eigenvalue weighted by atomic mass is 10.1. The molecule has 0 saturated carbocycles. The first kappa shape index (κ1) is 16.6. The van der Waals surface area contributed by atoms with Gasteiger partial charge in [-0.3, -0.25) is 4.79 Å². The van der Waals surface area contributed by atoms with Gasteiger partial charge in [-0.1, -0.05) is 35.9 Å². The lowest BCUT2D eigenvalue weighted by Crippen LogP contribution is -2.49. The molecule has 2 aromatic carbocycles. The van der Waals surface area contributed by atoms with Crippen LogP contribution in [0.25, 0.3) is 6.08 Å². The van der Waals surface area contributed by atoms with E-state index in [9.17, 15) is 4.79 Å². The van der Waals surface area contributed by atoms with Gasteiger partial charge in [0.2, 0.25) is 0 Å². The summed E-state index contributed by atoms with van der Waals surface area (Å²) in [6, 6.07) is 15.8. The number of likely N-dealkylation sites (N-methyl/N-ethyl adjacent to an activating group) is 1. The average Bonchev–Trinajstić information content (AvgIpc) is 2.60. The zero-order valence-corrected chi connectivity index (χ0v) is 14.7. The second kappa shape index (κ2) is 7.10. The van der Waals surface area contributed by atoms with Crippen molar-refractivity contribution < 1.29 is 4.79 Å². The fraction of sp³-hybridized carbons (Fsp3) is 0.250. The molecule has 0 spiro atoms. The molecule has 1 heterocycles. The fourth-order valence-corrected chi connectivity index (χ4v) is 3.28. The summed E-state index contributed by atoms with van der Waals surface area (Å²) < 4.78 is 0. The summed E-state index contributed by atoms with van der Waals surface area (Å²) >= 11 is 5.89. The number of hydrogen-bond donors (Lipinski definition) is 0. The number of amides is 1. The molecular formula is C20H21ClN2O. The lowest BCUT2D eigenvalue weighted by Gasteiger charge is -2.41. The van der Waals surface area contributed by atoms with Crippen molar-refractivity contribution in [2.75, 3.05) is 22.9 Å². The number of nitrogens with zero attached hydrogens (tertiary/aromatic N) is 2. The van der Waals surface area contributed by atoms with E-state index in [0.29, 0.717) is 11.6 Å². The highest BCUT2D eigenvalue weighted by molar-refractivity contribution is 6.30. The molecule has 124 valence electrons.